The van der Waals surface area contributed by atoms with Crippen molar-refractivity contribution in [3.8, 4) is 11.5 Å². The second-order valence-corrected chi connectivity index (χ2v) is 5.97. The van der Waals surface area contributed by atoms with Crippen molar-refractivity contribution in [2.75, 3.05) is 7.11 Å². The molecule has 0 aliphatic heterocycles. The summed E-state index contributed by atoms with van der Waals surface area (Å²) in [5, 5.41) is 9.36. The molecule has 0 saturated carbocycles. The van der Waals surface area contributed by atoms with E-state index in [1.807, 2.05) is 13.8 Å². The fraction of sp³-hybridized carbons (Fsp3) is 0.286. The molecule has 0 saturated heterocycles. The van der Waals surface area contributed by atoms with Gasteiger partial charge in [0.15, 0.2) is 0 Å². The van der Waals surface area contributed by atoms with Gasteiger partial charge in [-0.15, -0.1) is 0 Å². The molecule has 27 heavy (non-hydrogen) atoms. The Balaban J connectivity index is 2.16. The van der Waals surface area contributed by atoms with Crippen LogP contribution in [0.3, 0.4) is 0 Å². The highest BCUT2D eigenvalue weighted by Crippen LogP contribution is 2.24. The minimum atomic E-state index is -1.17. The first-order valence-corrected chi connectivity index (χ1v) is 8.59. The van der Waals surface area contributed by atoms with Crippen LogP contribution >= 0.6 is 0 Å². The molecule has 0 heterocycles. The number of rotatable bonds is 9. The summed E-state index contributed by atoms with van der Waals surface area (Å²) in [6.07, 6.45) is 2.13. The number of carboxylic acid groups (broad SMARTS) is 1. The maximum atomic E-state index is 13.7. The number of hydrogen-bond acceptors (Lipinski definition) is 4. The molecule has 0 radical (unpaired) electrons. The predicted molar refractivity (Wildman–Crippen MR) is 100 cm³/mol. The van der Waals surface area contributed by atoms with Crippen molar-refractivity contribution >= 4 is 11.5 Å². The van der Waals surface area contributed by atoms with Gasteiger partial charge in [0.1, 0.15) is 29.5 Å². The molecule has 0 aliphatic rings. The van der Waals surface area contributed by atoms with Gasteiger partial charge in [0.05, 0.1) is 19.5 Å². The van der Waals surface area contributed by atoms with Crippen LogP contribution in [0.1, 0.15) is 31.4 Å². The number of aliphatic carboxylic acids is 1. The number of carbonyl (C=O) groups is 1. The Morgan fingerprint density at radius 1 is 1.19 bits per heavy atom. The van der Waals surface area contributed by atoms with Crippen LogP contribution < -0.4 is 9.47 Å². The van der Waals surface area contributed by atoms with Gasteiger partial charge in [-0.3, -0.25) is 0 Å². The number of methoxy groups -OCH3 is 1. The molecule has 6 heteroatoms. The lowest BCUT2D eigenvalue weighted by Crippen LogP contribution is -2.09. The van der Waals surface area contributed by atoms with Gasteiger partial charge in [0.25, 0.3) is 0 Å². The first kappa shape index (κ1) is 20.3. The Kier molecular flexibility index (Phi) is 7.23. The third-order valence-corrected chi connectivity index (χ3v) is 3.95. The molecule has 1 N–H and O–H groups in total. The summed E-state index contributed by atoms with van der Waals surface area (Å²) in [7, 11) is 1.35. The molecule has 0 spiro atoms. The maximum absolute atomic E-state index is 13.7. The van der Waals surface area contributed by atoms with Crippen molar-refractivity contribution in [3.63, 3.8) is 0 Å². The second kappa shape index (κ2) is 9.62. The van der Waals surface area contributed by atoms with E-state index in [1.54, 1.807) is 24.3 Å². The Morgan fingerprint density at radius 2 is 1.85 bits per heavy atom. The summed E-state index contributed by atoms with van der Waals surface area (Å²) in [6, 6.07) is 10.9. The van der Waals surface area contributed by atoms with E-state index >= 15 is 0 Å². The smallest absolute Gasteiger partial charge is 0.339 e. The van der Waals surface area contributed by atoms with Crippen molar-refractivity contribution in [2.45, 2.75) is 33.0 Å². The second-order valence-electron chi connectivity index (χ2n) is 5.97. The minimum absolute atomic E-state index is 0.00694. The molecular weight excluding hydrogens is 351 g/mol. The van der Waals surface area contributed by atoms with Crippen LogP contribution in [0.4, 0.5) is 4.39 Å². The molecule has 0 bridgehead atoms. The number of benzene rings is 2. The Hall–Kier alpha value is -3.02. The number of hydrogen-bond donors (Lipinski definition) is 1. The summed E-state index contributed by atoms with van der Waals surface area (Å²) in [5.41, 5.74) is 0.663. The summed E-state index contributed by atoms with van der Waals surface area (Å²) < 4.78 is 29.9. The highest BCUT2D eigenvalue weighted by molar-refractivity contribution is 6.15. The molecule has 5 nitrogen and oxygen atoms in total. The fourth-order valence-electron chi connectivity index (χ4n) is 2.38. The summed E-state index contributed by atoms with van der Waals surface area (Å²) >= 11 is 0. The molecule has 2 aromatic carbocycles. The Morgan fingerprint density at radius 3 is 2.44 bits per heavy atom. The average Bonchev–Trinajstić information content (AvgIpc) is 2.65. The predicted octanol–water partition coefficient (Wildman–Crippen LogP) is 4.65. The van der Waals surface area contributed by atoms with E-state index in [0.717, 1.165) is 18.4 Å². The van der Waals surface area contributed by atoms with E-state index in [2.05, 4.69) is 0 Å². The fourth-order valence-corrected chi connectivity index (χ4v) is 2.38. The monoisotopic (exact) mass is 374 g/mol. The average molecular weight is 374 g/mol. The lowest BCUT2D eigenvalue weighted by molar-refractivity contribution is -0.130. The third-order valence-electron chi connectivity index (χ3n) is 3.95. The van der Waals surface area contributed by atoms with E-state index in [-0.39, 0.29) is 18.3 Å². The summed E-state index contributed by atoms with van der Waals surface area (Å²) in [5.74, 6) is -0.346. The van der Waals surface area contributed by atoms with Crippen molar-refractivity contribution in [1.29, 1.82) is 0 Å². The van der Waals surface area contributed by atoms with Crippen molar-refractivity contribution in [3.05, 3.63) is 65.7 Å². The molecule has 144 valence electrons. The van der Waals surface area contributed by atoms with E-state index in [1.165, 1.54) is 25.3 Å². The van der Waals surface area contributed by atoms with Gasteiger partial charge in [-0.05, 0) is 55.3 Å². The molecule has 1 unspecified atom stereocenters. The van der Waals surface area contributed by atoms with Crippen LogP contribution in [0.2, 0.25) is 0 Å². The molecular formula is C21H23FO5. The zero-order valence-corrected chi connectivity index (χ0v) is 15.6. The SMILES string of the molecule is CCC(C)Oc1ccc(OCc2cc(F)ccc2C(=COC)C(=O)O)cc1. The Labute approximate surface area is 158 Å². The van der Waals surface area contributed by atoms with Gasteiger partial charge < -0.3 is 19.3 Å². The van der Waals surface area contributed by atoms with Crippen molar-refractivity contribution in [1.82, 2.24) is 0 Å². The van der Waals surface area contributed by atoms with Gasteiger partial charge in [-0.2, -0.15) is 0 Å². The van der Waals surface area contributed by atoms with E-state index in [4.69, 9.17) is 14.2 Å². The number of carboxylic acids is 1. The van der Waals surface area contributed by atoms with E-state index < -0.39 is 11.8 Å². The molecule has 0 aliphatic carbocycles. The highest BCUT2D eigenvalue weighted by atomic mass is 19.1. The first-order chi connectivity index (χ1) is 12.9. The molecule has 1 atom stereocenters. The lowest BCUT2D eigenvalue weighted by Gasteiger charge is -2.14. The minimum Gasteiger partial charge on any atom is -0.503 e. The number of ether oxygens (including phenoxy) is 3. The van der Waals surface area contributed by atoms with Crippen LogP contribution in [-0.4, -0.2) is 24.3 Å². The van der Waals surface area contributed by atoms with E-state index in [9.17, 15) is 14.3 Å². The third kappa shape index (κ3) is 5.74. The van der Waals surface area contributed by atoms with Gasteiger partial charge in [-0.1, -0.05) is 13.0 Å². The molecule has 2 rings (SSSR count). The summed E-state index contributed by atoms with van der Waals surface area (Å²) in [4.78, 5) is 11.5. The lowest BCUT2D eigenvalue weighted by atomic mass is 10.0. The normalized spacial score (nSPS) is 12.4. The van der Waals surface area contributed by atoms with Crippen LogP contribution in [-0.2, 0) is 16.1 Å². The molecule has 0 aromatic heterocycles. The number of halogens is 1. The standard InChI is InChI=1S/C21H23FO5/c1-4-14(2)27-18-8-6-17(7-9-18)26-12-15-11-16(22)5-10-19(15)20(13-25-3)21(23)24/h5-11,13-14H,4,12H2,1-3H3,(H,23,24). The van der Waals surface area contributed by atoms with Crippen LogP contribution in [0.5, 0.6) is 11.5 Å². The topological polar surface area (TPSA) is 65.0 Å². The molecule has 0 amide bonds. The largest absolute Gasteiger partial charge is 0.503 e. The quantitative estimate of drug-likeness (QED) is 0.511. The van der Waals surface area contributed by atoms with E-state index in [0.29, 0.717) is 16.9 Å². The van der Waals surface area contributed by atoms with Gasteiger partial charge in [-0.25, -0.2) is 9.18 Å². The van der Waals surface area contributed by atoms with Gasteiger partial charge >= 0.3 is 5.97 Å². The van der Waals surface area contributed by atoms with Crippen molar-refractivity contribution < 1.29 is 28.5 Å². The van der Waals surface area contributed by atoms with Crippen LogP contribution in [0.25, 0.3) is 5.57 Å². The molecule has 2 aromatic rings. The van der Waals surface area contributed by atoms with Gasteiger partial charge in [0, 0.05) is 5.56 Å². The van der Waals surface area contributed by atoms with Crippen LogP contribution in [0.15, 0.2) is 48.7 Å². The maximum Gasteiger partial charge on any atom is 0.339 e. The van der Waals surface area contributed by atoms with Crippen LogP contribution in [0, 0.1) is 5.82 Å². The summed E-state index contributed by atoms with van der Waals surface area (Å²) in [6.45, 7) is 4.04. The molecule has 0 fully saturated rings. The van der Waals surface area contributed by atoms with Gasteiger partial charge in [0.2, 0.25) is 0 Å². The zero-order valence-electron chi connectivity index (χ0n) is 15.6. The first-order valence-electron chi connectivity index (χ1n) is 8.59. The zero-order chi connectivity index (χ0) is 19.8. The van der Waals surface area contributed by atoms with Crippen molar-refractivity contribution in [2.24, 2.45) is 0 Å². The highest BCUT2D eigenvalue weighted by Gasteiger charge is 2.16. The Bertz CT molecular complexity index is 799.